The van der Waals surface area contributed by atoms with Crippen molar-refractivity contribution in [3.63, 3.8) is 0 Å². The number of amides is 1. The Morgan fingerprint density at radius 2 is 2.24 bits per heavy atom. The average molecular weight is 322 g/mol. The highest BCUT2D eigenvalue weighted by molar-refractivity contribution is 7.98. The summed E-state index contributed by atoms with van der Waals surface area (Å²) in [5, 5.41) is 4.48. The smallest absolute Gasteiger partial charge is 0.367 e. The zero-order valence-electron chi connectivity index (χ0n) is 11.6. The van der Waals surface area contributed by atoms with Crippen molar-refractivity contribution in [3.8, 4) is 0 Å². The Morgan fingerprint density at radius 3 is 2.95 bits per heavy atom. The molecule has 2 aromatic rings. The number of ether oxygens (including phenoxy) is 1. The molecule has 5 nitrogen and oxygen atoms in total. The summed E-state index contributed by atoms with van der Waals surface area (Å²) in [4.78, 5) is 28.6. The summed E-state index contributed by atoms with van der Waals surface area (Å²) in [6.07, 6.45) is 1.97. The number of nitrogens with zero attached hydrogens (tertiary/aromatic N) is 1. The minimum atomic E-state index is -0.508. The number of thioether (sulfide) groups is 1. The molecule has 1 aromatic carbocycles. The number of anilines is 1. The van der Waals surface area contributed by atoms with Gasteiger partial charge in [0.15, 0.2) is 0 Å². The van der Waals surface area contributed by atoms with Crippen molar-refractivity contribution in [2.24, 2.45) is 0 Å². The summed E-state index contributed by atoms with van der Waals surface area (Å²) in [5.41, 5.74) is 0.898. The van der Waals surface area contributed by atoms with Crippen LogP contribution in [0.5, 0.6) is 0 Å². The standard InChI is InChI=1S/C14H14N2O3S2/c1-3-19-14(18)13-16-11(8-21-13)12(17)15-9-5-4-6-10(7-9)20-2/h4-8H,3H2,1-2H3,(H,15,17). The quantitative estimate of drug-likeness (QED) is 0.676. The van der Waals surface area contributed by atoms with Crippen molar-refractivity contribution in [2.45, 2.75) is 11.8 Å². The van der Waals surface area contributed by atoms with Crippen molar-refractivity contribution in [2.75, 3.05) is 18.2 Å². The third-order valence-corrected chi connectivity index (χ3v) is 4.06. The topological polar surface area (TPSA) is 68.3 Å². The second-order valence-electron chi connectivity index (χ2n) is 3.94. The van der Waals surface area contributed by atoms with Crippen LogP contribution in [-0.4, -0.2) is 29.7 Å². The molecular formula is C14H14N2O3S2. The van der Waals surface area contributed by atoms with Crippen LogP contribution >= 0.6 is 23.1 Å². The fourth-order valence-electron chi connectivity index (χ4n) is 1.56. The van der Waals surface area contributed by atoms with Crippen LogP contribution in [0.15, 0.2) is 34.5 Å². The van der Waals surface area contributed by atoms with Gasteiger partial charge in [0.2, 0.25) is 5.01 Å². The van der Waals surface area contributed by atoms with Gasteiger partial charge < -0.3 is 10.1 Å². The van der Waals surface area contributed by atoms with Gasteiger partial charge >= 0.3 is 5.97 Å². The van der Waals surface area contributed by atoms with Crippen molar-refractivity contribution in [3.05, 3.63) is 40.3 Å². The Hall–Kier alpha value is -1.86. The van der Waals surface area contributed by atoms with E-state index in [9.17, 15) is 9.59 Å². The number of carbonyl (C=O) groups is 2. The van der Waals surface area contributed by atoms with E-state index in [1.807, 2.05) is 24.5 Å². The molecule has 1 heterocycles. The molecule has 21 heavy (non-hydrogen) atoms. The summed E-state index contributed by atoms with van der Waals surface area (Å²) >= 11 is 2.69. The van der Waals surface area contributed by atoms with Gasteiger partial charge in [0.1, 0.15) is 5.69 Å². The molecule has 0 fully saturated rings. The van der Waals surface area contributed by atoms with E-state index in [0.717, 1.165) is 16.2 Å². The summed E-state index contributed by atoms with van der Waals surface area (Å²) in [6.45, 7) is 2.00. The van der Waals surface area contributed by atoms with Crippen LogP contribution in [0.3, 0.4) is 0 Å². The Morgan fingerprint density at radius 1 is 1.43 bits per heavy atom. The van der Waals surface area contributed by atoms with Gasteiger partial charge in [0, 0.05) is 16.0 Å². The van der Waals surface area contributed by atoms with E-state index >= 15 is 0 Å². The molecule has 0 aliphatic rings. The molecule has 0 aliphatic heterocycles. The highest BCUT2D eigenvalue weighted by atomic mass is 32.2. The highest BCUT2D eigenvalue weighted by Gasteiger charge is 2.16. The molecule has 1 aromatic heterocycles. The monoisotopic (exact) mass is 322 g/mol. The molecule has 0 bridgehead atoms. The van der Waals surface area contributed by atoms with E-state index in [0.29, 0.717) is 5.69 Å². The molecule has 0 radical (unpaired) electrons. The van der Waals surface area contributed by atoms with E-state index in [-0.39, 0.29) is 23.2 Å². The molecule has 1 N–H and O–H groups in total. The van der Waals surface area contributed by atoms with Gasteiger partial charge in [-0.3, -0.25) is 4.79 Å². The van der Waals surface area contributed by atoms with Gasteiger partial charge in [-0.1, -0.05) is 6.07 Å². The summed E-state index contributed by atoms with van der Waals surface area (Å²) < 4.78 is 4.84. The highest BCUT2D eigenvalue weighted by Crippen LogP contribution is 2.20. The normalized spacial score (nSPS) is 10.2. The SMILES string of the molecule is CCOC(=O)c1nc(C(=O)Nc2cccc(SC)c2)cs1. The lowest BCUT2D eigenvalue weighted by atomic mass is 10.3. The molecule has 0 atom stereocenters. The summed E-state index contributed by atoms with van der Waals surface area (Å²) in [6, 6.07) is 7.51. The number of carbonyl (C=O) groups excluding carboxylic acids is 2. The van der Waals surface area contributed by atoms with Crippen molar-refractivity contribution in [1.82, 2.24) is 4.98 Å². The van der Waals surface area contributed by atoms with Crippen molar-refractivity contribution >= 4 is 40.7 Å². The van der Waals surface area contributed by atoms with E-state index in [2.05, 4.69) is 10.3 Å². The van der Waals surface area contributed by atoms with E-state index in [1.165, 1.54) is 0 Å². The van der Waals surface area contributed by atoms with Gasteiger partial charge in [-0.25, -0.2) is 9.78 Å². The largest absolute Gasteiger partial charge is 0.461 e. The second kappa shape index (κ2) is 7.24. The van der Waals surface area contributed by atoms with Crippen molar-refractivity contribution < 1.29 is 14.3 Å². The van der Waals surface area contributed by atoms with Crippen LogP contribution in [0, 0.1) is 0 Å². The van der Waals surface area contributed by atoms with Gasteiger partial charge in [-0.2, -0.15) is 0 Å². The molecule has 0 spiro atoms. The Balaban J connectivity index is 2.08. The van der Waals surface area contributed by atoms with E-state index < -0.39 is 5.97 Å². The van der Waals surface area contributed by atoms with Gasteiger partial charge in [-0.05, 0) is 31.4 Å². The number of rotatable bonds is 5. The lowest BCUT2D eigenvalue weighted by molar-refractivity contribution is 0.0526. The molecular weight excluding hydrogens is 308 g/mol. The molecule has 0 saturated carbocycles. The Kier molecular flexibility index (Phi) is 5.35. The maximum atomic E-state index is 12.1. The van der Waals surface area contributed by atoms with Crippen LogP contribution in [0.25, 0.3) is 0 Å². The fourth-order valence-corrected chi connectivity index (χ4v) is 2.71. The summed E-state index contributed by atoms with van der Waals surface area (Å²) in [5.74, 6) is -0.856. The van der Waals surface area contributed by atoms with E-state index in [1.54, 1.807) is 30.1 Å². The van der Waals surface area contributed by atoms with Crippen molar-refractivity contribution in [1.29, 1.82) is 0 Å². The number of thiazole rings is 1. The first-order valence-corrected chi connectivity index (χ1v) is 8.32. The minimum Gasteiger partial charge on any atom is -0.461 e. The maximum Gasteiger partial charge on any atom is 0.367 e. The predicted octanol–water partition coefficient (Wildman–Crippen LogP) is 3.29. The lowest BCUT2D eigenvalue weighted by Crippen LogP contribution is -2.13. The zero-order valence-corrected chi connectivity index (χ0v) is 13.2. The summed E-state index contributed by atoms with van der Waals surface area (Å²) in [7, 11) is 0. The zero-order chi connectivity index (χ0) is 15.2. The molecule has 0 saturated heterocycles. The molecule has 7 heteroatoms. The van der Waals surface area contributed by atoms with Crippen LogP contribution in [0.2, 0.25) is 0 Å². The average Bonchev–Trinajstić information content (AvgIpc) is 2.98. The van der Waals surface area contributed by atoms with Crippen LogP contribution in [0.1, 0.15) is 27.2 Å². The van der Waals surface area contributed by atoms with E-state index in [4.69, 9.17) is 4.74 Å². The number of hydrogen-bond acceptors (Lipinski definition) is 6. The predicted molar refractivity (Wildman–Crippen MR) is 84.2 cm³/mol. The van der Waals surface area contributed by atoms with Crippen LogP contribution in [-0.2, 0) is 4.74 Å². The Bertz CT molecular complexity index is 655. The third kappa shape index (κ3) is 4.05. The fraction of sp³-hybridized carbons (Fsp3) is 0.214. The minimum absolute atomic E-state index is 0.180. The third-order valence-electron chi connectivity index (χ3n) is 2.51. The second-order valence-corrected chi connectivity index (χ2v) is 5.68. The number of nitrogens with one attached hydrogen (secondary N) is 1. The molecule has 110 valence electrons. The lowest BCUT2D eigenvalue weighted by Gasteiger charge is -2.04. The van der Waals surface area contributed by atoms with Crippen LogP contribution < -0.4 is 5.32 Å². The number of hydrogen-bond donors (Lipinski definition) is 1. The number of esters is 1. The molecule has 0 aliphatic carbocycles. The Labute approximate surface area is 130 Å². The molecule has 0 unspecified atom stereocenters. The van der Waals surface area contributed by atoms with Gasteiger partial charge in [0.25, 0.3) is 5.91 Å². The first kappa shape index (κ1) is 15.5. The first-order chi connectivity index (χ1) is 10.1. The van der Waals surface area contributed by atoms with Gasteiger partial charge in [-0.15, -0.1) is 23.1 Å². The molecule has 1 amide bonds. The first-order valence-electron chi connectivity index (χ1n) is 6.22. The van der Waals surface area contributed by atoms with Crippen LogP contribution in [0.4, 0.5) is 5.69 Å². The number of aromatic nitrogens is 1. The van der Waals surface area contributed by atoms with Gasteiger partial charge in [0.05, 0.1) is 6.61 Å². The number of benzene rings is 1. The molecule has 2 rings (SSSR count). The maximum absolute atomic E-state index is 12.1.